The van der Waals surface area contributed by atoms with Gasteiger partial charge in [-0.2, -0.15) is 4.31 Å². The standard InChI is InChI=1S/C26H34N4O5S/c1-4-29-17-23(27-28-29)12-11-21(14-26(31)32)20-10-9-18(2)22(13-20)16-30-15-19(3)35-24-7-5-6-8-25(24)36(30,33)34/h5-10,13,17,19,21,33-34H,4,11-12,14-16H2,1-3H3,(H,31,32). The van der Waals surface area contributed by atoms with E-state index in [-0.39, 0.29) is 18.4 Å². The molecule has 2 aromatic carbocycles. The maximum absolute atomic E-state index is 11.7. The Morgan fingerprint density at radius 3 is 2.75 bits per heavy atom. The Morgan fingerprint density at radius 1 is 1.25 bits per heavy atom. The smallest absolute Gasteiger partial charge is 0.303 e. The Balaban J connectivity index is 1.59. The minimum Gasteiger partial charge on any atom is -0.487 e. The number of carboxylic acid groups (broad SMARTS) is 1. The Labute approximate surface area is 213 Å². The van der Waals surface area contributed by atoms with Crippen LogP contribution in [-0.4, -0.2) is 52.1 Å². The van der Waals surface area contributed by atoms with Gasteiger partial charge in [-0.15, -0.1) is 15.9 Å². The van der Waals surface area contributed by atoms with E-state index in [1.54, 1.807) is 27.2 Å². The van der Waals surface area contributed by atoms with Gasteiger partial charge in [0.15, 0.2) is 0 Å². The average molecular weight is 515 g/mol. The lowest BCUT2D eigenvalue weighted by Crippen LogP contribution is -2.33. The van der Waals surface area contributed by atoms with Gasteiger partial charge >= 0.3 is 5.97 Å². The number of hydrogen-bond acceptors (Lipinski definition) is 7. The van der Waals surface area contributed by atoms with E-state index in [1.165, 1.54) is 0 Å². The van der Waals surface area contributed by atoms with Crippen molar-refractivity contribution in [2.24, 2.45) is 0 Å². The zero-order chi connectivity index (χ0) is 25.9. The first-order valence-electron chi connectivity index (χ1n) is 12.2. The third-order valence-corrected chi connectivity index (χ3v) is 8.49. The highest BCUT2D eigenvalue weighted by Crippen LogP contribution is 2.57. The highest BCUT2D eigenvalue weighted by Gasteiger charge is 2.34. The van der Waals surface area contributed by atoms with Gasteiger partial charge in [-0.1, -0.05) is 35.5 Å². The molecule has 4 rings (SSSR count). The highest BCUT2D eigenvalue weighted by molar-refractivity contribution is 8.22. The summed E-state index contributed by atoms with van der Waals surface area (Å²) in [7, 11) is -3.27. The fourth-order valence-corrected chi connectivity index (χ4v) is 6.21. The van der Waals surface area contributed by atoms with E-state index in [9.17, 15) is 19.0 Å². The summed E-state index contributed by atoms with van der Waals surface area (Å²) in [4.78, 5) is 12.1. The summed E-state index contributed by atoms with van der Waals surface area (Å²) in [6.07, 6.45) is 2.90. The molecule has 1 aliphatic rings. The molecular formula is C26H34N4O5S. The zero-order valence-electron chi connectivity index (χ0n) is 20.9. The van der Waals surface area contributed by atoms with Gasteiger partial charge < -0.3 is 9.84 Å². The van der Waals surface area contributed by atoms with Crippen molar-refractivity contribution in [2.45, 2.75) is 70.0 Å². The number of rotatable bonds is 9. The number of para-hydroxylation sites is 1. The van der Waals surface area contributed by atoms with Gasteiger partial charge in [-0.3, -0.25) is 18.6 Å². The van der Waals surface area contributed by atoms with E-state index in [0.717, 1.165) is 28.9 Å². The quantitative estimate of drug-likeness (QED) is 0.360. The van der Waals surface area contributed by atoms with E-state index in [4.69, 9.17) is 4.74 Å². The fourth-order valence-electron chi connectivity index (χ4n) is 4.54. The molecule has 0 radical (unpaired) electrons. The van der Waals surface area contributed by atoms with Crippen molar-refractivity contribution < 1.29 is 23.7 Å². The summed E-state index contributed by atoms with van der Waals surface area (Å²) in [5, 5.41) is 17.8. The molecular weight excluding hydrogens is 480 g/mol. The number of aliphatic carboxylic acids is 1. The number of nitrogens with zero attached hydrogens (tertiary/aromatic N) is 4. The van der Waals surface area contributed by atoms with Crippen molar-refractivity contribution in [1.82, 2.24) is 19.3 Å². The molecule has 10 heteroatoms. The fraction of sp³-hybridized carbons (Fsp3) is 0.423. The van der Waals surface area contributed by atoms with Gasteiger partial charge in [0, 0.05) is 19.3 Å². The SMILES string of the molecule is CCn1cc(CCC(CC(=O)O)c2ccc(C)c(CN3CC(C)Oc4ccccc4S3(O)O)c2)nn1. The van der Waals surface area contributed by atoms with E-state index >= 15 is 0 Å². The summed E-state index contributed by atoms with van der Waals surface area (Å²) >= 11 is 0. The van der Waals surface area contributed by atoms with E-state index in [2.05, 4.69) is 10.3 Å². The van der Waals surface area contributed by atoms with E-state index in [1.807, 2.05) is 51.2 Å². The normalized spacial score (nSPS) is 19.1. The molecule has 3 aromatic rings. The van der Waals surface area contributed by atoms with Gasteiger partial charge in [0.05, 0.1) is 18.7 Å². The number of aromatic nitrogens is 3. The monoisotopic (exact) mass is 514 g/mol. The predicted molar refractivity (Wildman–Crippen MR) is 138 cm³/mol. The molecule has 0 fully saturated rings. The average Bonchev–Trinajstić information content (AvgIpc) is 3.27. The van der Waals surface area contributed by atoms with Gasteiger partial charge in [-0.05, 0) is 68.4 Å². The molecule has 3 N–H and O–H groups in total. The highest BCUT2D eigenvalue weighted by atomic mass is 32.3. The van der Waals surface area contributed by atoms with E-state index < -0.39 is 16.7 Å². The predicted octanol–water partition coefficient (Wildman–Crippen LogP) is 5.11. The van der Waals surface area contributed by atoms with Crippen LogP contribution in [0.4, 0.5) is 0 Å². The molecule has 0 amide bonds. The van der Waals surface area contributed by atoms with Crippen LogP contribution in [0.5, 0.6) is 5.75 Å². The van der Waals surface area contributed by atoms with E-state index in [0.29, 0.717) is 36.6 Å². The second-order valence-electron chi connectivity index (χ2n) is 9.30. The lowest BCUT2D eigenvalue weighted by Gasteiger charge is -2.42. The molecule has 0 saturated heterocycles. The molecule has 2 unspecified atom stereocenters. The Kier molecular flexibility index (Phi) is 7.99. The van der Waals surface area contributed by atoms with Crippen molar-refractivity contribution in [3.63, 3.8) is 0 Å². The van der Waals surface area contributed by atoms with Crippen molar-refractivity contribution in [1.29, 1.82) is 0 Å². The summed E-state index contributed by atoms with van der Waals surface area (Å²) in [5.41, 5.74) is 3.68. The maximum atomic E-state index is 11.7. The lowest BCUT2D eigenvalue weighted by molar-refractivity contribution is -0.137. The molecule has 1 aliphatic heterocycles. The van der Waals surface area contributed by atoms with Crippen LogP contribution in [0.1, 0.15) is 55.0 Å². The summed E-state index contributed by atoms with van der Waals surface area (Å²) in [5.74, 6) is -0.579. The lowest BCUT2D eigenvalue weighted by atomic mass is 9.88. The molecule has 0 saturated carbocycles. The van der Waals surface area contributed by atoms with Crippen LogP contribution in [-0.2, 0) is 24.3 Å². The molecule has 2 atom stereocenters. The van der Waals surface area contributed by atoms with Crippen LogP contribution in [0, 0.1) is 6.92 Å². The number of carbonyl (C=O) groups is 1. The van der Waals surface area contributed by atoms with Crippen LogP contribution >= 0.6 is 10.8 Å². The largest absolute Gasteiger partial charge is 0.487 e. The second kappa shape index (κ2) is 11.0. The molecule has 9 nitrogen and oxygen atoms in total. The summed E-state index contributed by atoms with van der Waals surface area (Å²) in [6, 6.07) is 13.0. The van der Waals surface area contributed by atoms with Gasteiger partial charge in [0.1, 0.15) is 16.7 Å². The molecule has 36 heavy (non-hydrogen) atoms. The molecule has 2 heterocycles. The van der Waals surface area contributed by atoms with Gasteiger partial charge in [0.25, 0.3) is 0 Å². The van der Waals surface area contributed by atoms with Crippen molar-refractivity contribution in [2.75, 3.05) is 6.54 Å². The number of aryl methyl sites for hydroxylation is 3. The molecule has 1 aromatic heterocycles. The number of hydrogen-bond donors (Lipinski definition) is 3. The third-order valence-electron chi connectivity index (χ3n) is 6.56. The maximum Gasteiger partial charge on any atom is 0.303 e. The Bertz CT molecular complexity index is 1210. The Morgan fingerprint density at radius 2 is 2.03 bits per heavy atom. The minimum atomic E-state index is -3.27. The number of fused-ring (bicyclic) bond motifs is 1. The third kappa shape index (κ3) is 5.89. The van der Waals surface area contributed by atoms with Crippen LogP contribution in [0.3, 0.4) is 0 Å². The molecule has 194 valence electrons. The van der Waals surface area contributed by atoms with Crippen LogP contribution in [0.15, 0.2) is 53.6 Å². The first-order valence-corrected chi connectivity index (χ1v) is 13.7. The zero-order valence-corrected chi connectivity index (χ0v) is 21.7. The molecule has 0 aliphatic carbocycles. The minimum absolute atomic E-state index is 0.00155. The summed E-state index contributed by atoms with van der Waals surface area (Å²) < 4.78 is 31.9. The second-order valence-corrected chi connectivity index (χ2v) is 11.3. The number of ether oxygens (including phenoxy) is 1. The first kappa shape index (κ1) is 26.2. The van der Waals surface area contributed by atoms with Gasteiger partial charge in [0.2, 0.25) is 0 Å². The van der Waals surface area contributed by atoms with Crippen LogP contribution in [0.25, 0.3) is 0 Å². The summed E-state index contributed by atoms with van der Waals surface area (Å²) in [6.45, 7) is 7.25. The first-order chi connectivity index (χ1) is 17.2. The van der Waals surface area contributed by atoms with Crippen LogP contribution < -0.4 is 4.74 Å². The van der Waals surface area contributed by atoms with Crippen molar-refractivity contribution in [3.05, 3.63) is 71.0 Å². The topological polar surface area (TPSA) is 121 Å². The molecule has 0 bridgehead atoms. The van der Waals surface area contributed by atoms with Gasteiger partial charge in [-0.25, -0.2) is 0 Å². The van der Waals surface area contributed by atoms with Crippen LogP contribution in [0.2, 0.25) is 0 Å². The Hall–Kier alpha value is -2.92. The molecule has 0 spiro atoms. The number of benzene rings is 2. The van der Waals surface area contributed by atoms with Crippen molar-refractivity contribution >= 4 is 16.7 Å². The van der Waals surface area contributed by atoms with Crippen molar-refractivity contribution in [3.8, 4) is 5.75 Å². The number of carboxylic acids is 1.